The van der Waals surface area contributed by atoms with Gasteiger partial charge < -0.3 is 14.8 Å². The van der Waals surface area contributed by atoms with Crippen LogP contribution in [0.1, 0.15) is 25.8 Å². The minimum atomic E-state index is 0.485. The lowest BCUT2D eigenvalue weighted by Crippen LogP contribution is -2.43. The predicted molar refractivity (Wildman–Crippen MR) is 105 cm³/mol. The summed E-state index contributed by atoms with van der Waals surface area (Å²) in [6.07, 6.45) is 4.92. The van der Waals surface area contributed by atoms with Gasteiger partial charge in [-0.15, -0.1) is 11.8 Å². The van der Waals surface area contributed by atoms with E-state index in [0.29, 0.717) is 23.6 Å². The average molecular weight is 372 g/mol. The van der Waals surface area contributed by atoms with Crippen molar-refractivity contribution in [1.29, 1.82) is 0 Å². The number of benzene rings is 1. The number of amidine groups is 1. The first kappa shape index (κ1) is 18.6. The van der Waals surface area contributed by atoms with E-state index >= 15 is 0 Å². The van der Waals surface area contributed by atoms with Crippen molar-refractivity contribution in [3.8, 4) is 11.6 Å². The maximum absolute atomic E-state index is 9.63. The van der Waals surface area contributed by atoms with Crippen molar-refractivity contribution < 1.29 is 9.94 Å². The summed E-state index contributed by atoms with van der Waals surface area (Å²) in [5.74, 6) is 2.94. The number of ether oxygens (including phenoxy) is 1. The molecule has 0 amide bonds. The molecule has 2 aromatic rings. The maximum Gasteiger partial charge on any atom is 0.219 e. The van der Waals surface area contributed by atoms with Crippen LogP contribution >= 0.6 is 11.8 Å². The minimum Gasteiger partial charge on any atom is -0.439 e. The highest BCUT2D eigenvalue weighted by atomic mass is 32.2. The van der Waals surface area contributed by atoms with Crippen molar-refractivity contribution in [3.05, 3.63) is 48.2 Å². The molecule has 1 aromatic carbocycles. The van der Waals surface area contributed by atoms with Crippen LogP contribution in [0.2, 0.25) is 0 Å². The Morgan fingerprint density at radius 1 is 1.19 bits per heavy atom. The van der Waals surface area contributed by atoms with Crippen LogP contribution in [-0.4, -0.2) is 40.3 Å². The molecular formula is C20H25N3O2S. The van der Waals surface area contributed by atoms with Gasteiger partial charge in [-0.05, 0) is 54.8 Å². The van der Waals surface area contributed by atoms with Crippen molar-refractivity contribution in [2.75, 3.05) is 19.3 Å². The lowest BCUT2D eigenvalue weighted by Gasteiger charge is -2.36. The third-order valence-electron chi connectivity index (χ3n) is 4.54. The molecule has 2 heterocycles. The topological polar surface area (TPSA) is 58.0 Å². The molecule has 0 bridgehead atoms. The summed E-state index contributed by atoms with van der Waals surface area (Å²) < 4.78 is 5.87. The zero-order chi connectivity index (χ0) is 18.5. The maximum atomic E-state index is 9.63. The molecule has 1 aliphatic heterocycles. The molecule has 1 aliphatic rings. The molecule has 26 heavy (non-hydrogen) atoms. The fourth-order valence-electron chi connectivity index (χ4n) is 3.51. The number of aromatic nitrogens is 1. The number of hydrogen-bond donors (Lipinski definition) is 1. The van der Waals surface area contributed by atoms with Crippen molar-refractivity contribution in [2.45, 2.75) is 25.2 Å². The first-order chi connectivity index (χ1) is 12.6. The van der Waals surface area contributed by atoms with Crippen molar-refractivity contribution >= 4 is 17.6 Å². The van der Waals surface area contributed by atoms with Gasteiger partial charge in [0, 0.05) is 35.8 Å². The average Bonchev–Trinajstić information content (AvgIpc) is 2.63. The highest BCUT2D eigenvalue weighted by Gasteiger charge is 2.25. The molecule has 1 fully saturated rings. The first-order valence-electron chi connectivity index (χ1n) is 8.84. The Hall–Kier alpha value is -2.21. The molecule has 5 nitrogen and oxygen atoms in total. The molecule has 0 radical (unpaired) electrons. The summed E-state index contributed by atoms with van der Waals surface area (Å²) >= 11 is 1.69. The van der Waals surface area contributed by atoms with E-state index in [2.05, 4.69) is 28.9 Å². The number of likely N-dealkylation sites (tertiary alicyclic amines) is 1. The SMILES string of the molecule is CSc1ccc(Oc2cc(/C(=N/O)N3CC(C)CC(C)C3)ccn2)cc1. The molecule has 3 rings (SSSR count). The van der Waals surface area contributed by atoms with Crippen molar-refractivity contribution in [1.82, 2.24) is 9.88 Å². The molecule has 6 heteroatoms. The number of piperidine rings is 1. The van der Waals surface area contributed by atoms with Gasteiger partial charge in [-0.2, -0.15) is 0 Å². The third kappa shape index (κ3) is 4.49. The second-order valence-electron chi connectivity index (χ2n) is 6.93. The summed E-state index contributed by atoms with van der Waals surface area (Å²) in [5, 5.41) is 13.2. The molecule has 2 unspecified atom stereocenters. The number of rotatable bonds is 4. The highest BCUT2D eigenvalue weighted by molar-refractivity contribution is 7.98. The molecule has 0 aliphatic carbocycles. The van der Waals surface area contributed by atoms with Crippen LogP contribution in [0.3, 0.4) is 0 Å². The van der Waals surface area contributed by atoms with E-state index in [1.807, 2.05) is 42.7 Å². The van der Waals surface area contributed by atoms with Crippen molar-refractivity contribution in [2.24, 2.45) is 17.0 Å². The highest BCUT2D eigenvalue weighted by Crippen LogP contribution is 2.26. The summed E-state index contributed by atoms with van der Waals surface area (Å²) in [7, 11) is 0. The van der Waals surface area contributed by atoms with Gasteiger partial charge in [0.05, 0.1) is 0 Å². The molecular weight excluding hydrogens is 346 g/mol. The van der Waals surface area contributed by atoms with Gasteiger partial charge >= 0.3 is 0 Å². The van der Waals surface area contributed by atoms with Crippen LogP contribution in [0.25, 0.3) is 0 Å². The minimum absolute atomic E-state index is 0.485. The Morgan fingerprint density at radius 2 is 1.88 bits per heavy atom. The number of pyridine rings is 1. The molecule has 1 saturated heterocycles. The second kappa shape index (κ2) is 8.45. The smallest absolute Gasteiger partial charge is 0.219 e. The molecule has 1 aromatic heterocycles. The Bertz CT molecular complexity index is 754. The van der Waals surface area contributed by atoms with Gasteiger partial charge in [0.2, 0.25) is 5.88 Å². The standard InChI is InChI=1S/C20H25N3O2S/c1-14-10-15(2)13-23(12-14)20(22-24)16-8-9-21-19(11-16)25-17-4-6-18(26-3)7-5-17/h4-9,11,14-15,24H,10,12-13H2,1-3H3/b22-20-. The van der Waals surface area contributed by atoms with E-state index < -0.39 is 0 Å². The number of thioether (sulfide) groups is 1. The van der Waals surface area contributed by atoms with Crippen LogP contribution < -0.4 is 4.74 Å². The zero-order valence-electron chi connectivity index (χ0n) is 15.4. The predicted octanol–water partition coefficient (Wildman–Crippen LogP) is 4.71. The van der Waals surface area contributed by atoms with Crippen molar-refractivity contribution in [3.63, 3.8) is 0 Å². The Balaban J connectivity index is 1.78. The Morgan fingerprint density at radius 3 is 2.50 bits per heavy atom. The normalized spacial score (nSPS) is 20.9. The first-order valence-corrected chi connectivity index (χ1v) is 10.1. The Labute approximate surface area is 159 Å². The summed E-state index contributed by atoms with van der Waals surface area (Å²) in [4.78, 5) is 7.61. The summed E-state index contributed by atoms with van der Waals surface area (Å²) in [6, 6.07) is 11.6. The van der Waals surface area contributed by atoms with Crippen LogP contribution in [-0.2, 0) is 0 Å². The number of hydrogen-bond acceptors (Lipinski definition) is 5. The van der Waals surface area contributed by atoms with Gasteiger partial charge in [-0.1, -0.05) is 19.0 Å². The van der Waals surface area contributed by atoms with E-state index in [4.69, 9.17) is 4.74 Å². The summed E-state index contributed by atoms with van der Waals surface area (Å²) in [6.45, 7) is 6.24. The zero-order valence-corrected chi connectivity index (χ0v) is 16.2. The van der Waals surface area contributed by atoms with E-state index in [0.717, 1.165) is 24.4 Å². The lowest BCUT2D eigenvalue weighted by molar-refractivity contribution is 0.204. The second-order valence-corrected chi connectivity index (χ2v) is 7.81. The van der Waals surface area contributed by atoms with Gasteiger partial charge in [0.1, 0.15) is 5.75 Å². The Kier molecular flexibility index (Phi) is 6.04. The molecule has 138 valence electrons. The lowest BCUT2D eigenvalue weighted by atomic mass is 9.91. The number of oxime groups is 1. The van der Waals surface area contributed by atoms with E-state index in [-0.39, 0.29) is 0 Å². The van der Waals surface area contributed by atoms with Gasteiger partial charge in [0.15, 0.2) is 5.84 Å². The monoisotopic (exact) mass is 371 g/mol. The third-order valence-corrected chi connectivity index (χ3v) is 5.28. The van der Waals surface area contributed by atoms with Gasteiger partial charge in [-0.3, -0.25) is 0 Å². The van der Waals surface area contributed by atoms with Crippen LogP contribution in [0.5, 0.6) is 11.6 Å². The van der Waals surface area contributed by atoms with Crippen LogP contribution in [0, 0.1) is 11.8 Å². The van der Waals surface area contributed by atoms with Crippen LogP contribution in [0.15, 0.2) is 52.6 Å². The van der Waals surface area contributed by atoms with E-state index in [1.165, 1.54) is 11.3 Å². The fourth-order valence-corrected chi connectivity index (χ4v) is 3.92. The van der Waals surface area contributed by atoms with Gasteiger partial charge in [0.25, 0.3) is 0 Å². The fraction of sp³-hybridized carbons (Fsp3) is 0.400. The molecule has 2 atom stereocenters. The van der Waals surface area contributed by atoms with E-state index in [1.54, 1.807) is 18.0 Å². The number of nitrogens with zero attached hydrogens (tertiary/aromatic N) is 3. The largest absolute Gasteiger partial charge is 0.439 e. The van der Waals surface area contributed by atoms with Crippen LogP contribution in [0.4, 0.5) is 0 Å². The van der Waals surface area contributed by atoms with E-state index in [9.17, 15) is 5.21 Å². The van der Waals surface area contributed by atoms with Gasteiger partial charge in [-0.25, -0.2) is 4.98 Å². The molecule has 1 N–H and O–H groups in total. The summed E-state index contributed by atoms with van der Waals surface area (Å²) in [5.41, 5.74) is 0.805. The molecule has 0 saturated carbocycles. The quantitative estimate of drug-likeness (QED) is 0.277. The molecule has 0 spiro atoms.